The molecule has 0 unspecified atom stereocenters. The van der Waals surface area contributed by atoms with E-state index in [1.54, 1.807) is 0 Å². The first-order chi connectivity index (χ1) is 6.06. The van der Waals surface area contributed by atoms with Gasteiger partial charge in [0.25, 0.3) is 0 Å². The molecule has 14 heavy (non-hydrogen) atoms. The Morgan fingerprint density at radius 2 is 1.14 bits per heavy atom. The first kappa shape index (κ1) is 17.1. The van der Waals surface area contributed by atoms with Gasteiger partial charge in [-0.05, 0) is 11.8 Å². The molecule has 0 rings (SSSR count). The lowest BCUT2D eigenvalue weighted by atomic mass is 9.89. The van der Waals surface area contributed by atoms with Gasteiger partial charge in [-0.2, -0.15) is 0 Å². The van der Waals surface area contributed by atoms with E-state index in [2.05, 4.69) is 27.7 Å². The van der Waals surface area contributed by atoms with Crippen LogP contribution in [0.5, 0.6) is 0 Å². The average Bonchev–Trinajstić information content (AvgIpc) is 2.01. The molecule has 0 atom stereocenters. The normalized spacial score (nSPS) is 11.1. The highest BCUT2D eigenvalue weighted by Crippen LogP contribution is 2.22. The zero-order valence-corrected chi connectivity index (χ0v) is 12.9. The Morgan fingerprint density at radius 3 is 1.57 bits per heavy atom. The number of hydrogen-bond donors (Lipinski definition) is 0. The third kappa shape index (κ3) is 15.2. The molecule has 88 valence electrons. The van der Waals surface area contributed by atoms with Crippen LogP contribution in [0.3, 0.4) is 0 Å². The summed E-state index contributed by atoms with van der Waals surface area (Å²) in [7, 11) is 0. The fraction of sp³-hybridized carbons (Fsp3) is 1.00. The van der Waals surface area contributed by atoms with Crippen LogP contribution >= 0.6 is 24.0 Å². The Bertz CT molecular complexity index is 102. The molecule has 0 aliphatic rings. The highest BCUT2D eigenvalue weighted by atomic mass is 127. The predicted molar refractivity (Wildman–Crippen MR) is 77.5 cm³/mol. The van der Waals surface area contributed by atoms with Crippen LogP contribution in [0.15, 0.2) is 0 Å². The standard InChI is InChI=1S/C13H28.HI/c1-5-6-7-8-9-10-11-12-13(2,3)4;/h5-12H2,1-4H3;1H. The van der Waals surface area contributed by atoms with Crippen LogP contribution in [-0.2, 0) is 0 Å². The highest BCUT2D eigenvalue weighted by molar-refractivity contribution is 14.0. The zero-order valence-electron chi connectivity index (χ0n) is 10.6. The van der Waals surface area contributed by atoms with Gasteiger partial charge in [-0.15, -0.1) is 24.0 Å². The Balaban J connectivity index is 0. The largest absolute Gasteiger partial charge is 0.107 e. The third-order valence-corrected chi connectivity index (χ3v) is 2.53. The SMILES string of the molecule is CCCCCCCCCC(C)(C)C.I. The van der Waals surface area contributed by atoms with Gasteiger partial charge in [0.05, 0.1) is 0 Å². The summed E-state index contributed by atoms with van der Waals surface area (Å²) >= 11 is 0. The fourth-order valence-electron chi connectivity index (χ4n) is 1.61. The maximum atomic E-state index is 2.34. The van der Waals surface area contributed by atoms with Gasteiger partial charge in [0.15, 0.2) is 0 Å². The molecule has 0 aromatic heterocycles. The quantitative estimate of drug-likeness (QED) is 0.412. The molecule has 0 nitrogen and oxygen atoms in total. The maximum absolute atomic E-state index is 2.34. The second-order valence-electron chi connectivity index (χ2n) is 5.43. The van der Waals surface area contributed by atoms with E-state index in [0.29, 0.717) is 5.41 Å². The zero-order chi connectivity index (χ0) is 10.2. The Hall–Kier alpha value is 0.730. The summed E-state index contributed by atoms with van der Waals surface area (Å²) < 4.78 is 0. The third-order valence-electron chi connectivity index (χ3n) is 2.53. The summed E-state index contributed by atoms with van der Waals surface area (Å²) in [5, 5.41) is 0. The van der Waals surface area contributed by atoms with Gasteiger partial charge in [0.2, 0.25) is 0 Å². The van der Waals surface area contributed by atoms with E-state index in [-0.39, 0.29) is 24.0 Å². The van der Waals surface area contributed by atoms with E-state index < -0.39 is 0 Å². The van der Waals surface area contributed by atoms with Crippen LogP contribution in [0.25, 0.3) is 0 Å². The highest BCUT2D eigenvalue weighted by Gasteiger charge is 2.08. The van der Waals surface area contributed by atoms with Gasteiger partial charge in [0.1, 0.15) is 0 Å². The molecule has 0 N–H and O–H groups in total. The van der Waals surface area contributed by atoms with Crippen molar-refractivity contribution in [1.82, 2.24) is 0 Å². The van der Waals surface area contributed by atoms with Gasteiger partial charge >= 0.3 is 0 Å². The van der Waals surface area contributed by atoms with Crippen LogP contribution in [0.2, 0.25) is 0 Å². The Morgan fingerprint density at radius 1 is 0.714 bits per heavy atom. The molecule has 0 radical (unpaired) electrons. The Kier molecular flexibility index (Phi) is 12.6. The molecule has 0 aromatic rings. The van der Waals surface area contributed by atoms with Crippen molar-refractivity contribution in [3.05, 3.63) is 0 Å². The molecule has 0 saturated heterocycles. The smallest absolute Gasteiger partial charge is 0.0383 e. The number of rotatable bonds is 7. The number of halogens is 1. The van der Waals surface area contributed by atoms with Crippen LogP contribution in [-0.4, -0.2) is 0 Å². The van der Waals surface area contributed by atoms with Gasteiger partial charge in [-0.25, -0.2) is 0 Å². The number of hydrogen-bond acceptors (Lipinski definition) is 0. The molecule has 0 fully saturated rings. The van der Waals surface area contributed by atoms with Gasteiger partial charge in [0, 0.05) is 0 Å². The molecular weight excluding hydrogens is 283 g/mol. The van der Waals surface area contributed by atoms with Crippen molar-refractivity contribution in [3.8, 4) is 0 Å². The second-order valence-corrected chi connectivity index (χ2v) is 5.43. The van der Waals surface area contributed by atoms with Crippen LogP contribution < -0.4 is 0 Å². The minimum absolute atomic E-state index is 0. The van der Waals surface area contributed by atoms with E-state index in [4.69, 9.17) is 0 Å². The lowest BCUT2D eigenvalue weighted by molar-refractivity contribution is 0.356. The van der Waals surface area contributed by atoms with E-state index in [0.717, 1.165) is 0 Å². The van der Waals surface area contributed by atoms with E-state index in [9.17, 15) is 0 Å². The minimum Gasteiger partial charge on any atom is -0.107 e. The summed E-state index contributed by atoms with van der Waals surface area (Å²) in [5.41, 5.74) is 0.545. The molecular formula is C13H29I. The average molecular weight is 312 g/mol. The van der Waals surface area contributed by atoms with Crippen molar-refractivity contribution in [2.24, 2.45) is 5.41 Å². The van der Waals surface area contributed by atoms with E-state index in [1.165, 1.54) is 51.4 Å². The molecule has 1 heteroatoms. The molecule has 0 aliphatic heterocycles. The molecule has 0 heterocycles. The lowest BCUT2D eigenvalue weighted by Crippen LogP contribution is -2.03. The summed E-state index contributed by atoms with van der Waals surface area (Å²) in [4.78, 5) is 0. The summed E-state index contributed by atoms with van der Waals surface area (Å²) in [5.74, 6) is 0. The van der Waals surface area contributed by atoms with Gasteiger partial charge in [-0.3, -0.25) is 0 Å². The van der Waals surface area contributed by atoms with Gasteiger partial charge in [-0.1, -0.05) is 72.6 Å². The molecule has 0 spiro atoms. The van der Waals surface area contributed by atoms with E-state index >= 15 is 0 Å². The first-order valence-electron chi connectivity index (χ1n) is 6.06. The first-order valence-corrected chi connectivity index (χ1v) is 6.06. The van der Waals surface area contributed by atoms with Crippen LogP contribution in [0, 0.1) is 5.41 Å². The predicted octanol–water partition coefficient (Wildman–Crippen LogP) is 5.79. The second kappa shape index (κ2) is 10.3. The lowest BCUT2D eigenvalue weighted by Gasteiger charge is -2.17. The molecule has 0 saturated carbocycles. The number of unbranched alkanes of at least 4 members (excludes halogenated alkanes) is 6. The molecule has 0 bridgehead atoms. The van der Waals surface area contributed by atoms with Crippen molar-refractivity contribution < 1.29 is 0 Å². The Labute approximate surface area is 108 Å². The van der Waals surface area contributed by atoms with E-state index in [1.807, 2.05) is 0 Å². The van der Waals surface area contributed by atoms with Gasteiger partial charge < -0.3 is 0 Å². The topological polar surface area (TPSA) is 0 Å². The van der Waals surface area contributed by atoms with Crippen molar-refractivity contribution in [1.29, 1.82) is 0 Å². The molecule has 0 aromatic carbocycles. The van der Waals surface area contributed by atoms with Crippen molar-refractivity contribution in [2.75, 3.05) is 0 Å². The monoisotopic (exact) mass is 312 g/mol. The molecule has 0 amide bonds. The van der Waals surface area contributed by atoms with Crippen molar-refractivity contribution in [3.63, 3.8) is 0 Å². The maximum Gasteiger partial charge on any atom is -0.0383 e. The van der Waals surface area contributed by atoms with Crippen molar-refractivity contribution >= 4 is 24.0 Å². The molecule has 0 aliphatic carbocycles. The summed E-state index contributed by atoms with van der Waals surface area (Å²) in [6, 6.07) is 0. The van der Waals surface area contributed by atoms with Crippen LogP contribution in [0.4, 0.5) is 0 Å². The summed E-state index contributed by atoms with van der Waals surface area (Å²) in [6.45, 7) is 9.29. The summed E-state index contributed by atoms with van der Waals surface area (Å²) in [6.07, 6.45) is 11.4. The minimum atomic E-state index is 0. The van der Waals surface area contributed by atoms with Crippen LogP contribution in [0.1, 0.15) is 79.1 Å². The fourth-order valence-corrected chi connectivity index (χ4v) is 1.61. The van der Waals surface area contributed by atoms with Crippen molar-refractivity contribution in [2.45, 2.75) is 79.1 Å².